The number of hydrogen-bond acceptors (Lipinski definition) is 21. The lowest BCUT2D eigenvalue weighted by Crippen LogP contribution is -2.42. The van der Waals surface area contributed by atoms with Crippen molar-refractivity contribution >= 4 is 31.3 Å². The number of aliphatic hydroxyl groups excluding tert-OH is 2. The van der Waals surface area contributed by atoms with Crippen molar-refractivity contribution in [2.24, 2.45) is 16.2 Å². The molecule has 0 spiro atoms. The molecule has 0 fully saturated rings. The normalized spacial score (nSPS) is 14.4. The van der Waals surface area contributed by atoms with Crippen LogP contribution in [0.5, 0.6) is 0 Å². The molecule has 420 valence electrons. The van der Waals surface area contributed by atoms with E-state index in [1.807, 2.05) is 0 Å². The molecule has 0 aromatic rings. The van der Waals surface area contributed by atoms with E-state index < -0.39 is 87.2 Å². The molecule has 0 aromatic carbocycles. The summed E-state index contributed by atoms with van der Waals surface area (Å²) in [5.41, 5.74) is -4.09. The maximum atomic E-state index is 13.0. The second-order valence-corrected chi connectivity index (χ2v) is 20.4. The van der Waals surface area contributed by atoms with Crippen molar-refractivity contribution in [2.45, 2.75) is 35.1 Å². The lowest BCUT2D eigenvalue weighted by Gasteiger charge is -2.34. The fraction of sp³-hybridized carbons (Fsp3) is 0.689. The molecule has 4 unspecified atom stereocenters. The van der Waals surface area contributed by atoms with Crippen molar-refractivity contribution in [3.05, 3.63) is 0 Å². The summed E-state index contributed by atoms with van der Waals surface area (Å²) < 4.78 is 126. The molecule has 4 atom stereocenters. The summed E-state index contributed by atoms with van der Waals surface area (Å²) in [6, 6.07) is 0. The van der Waals surface area contributed by atoms with Crippen LogP contribution < -0.4 is 0 Å². The van der Waals surface area contributed by atoms with Gasteiger partial charge in [-0.05, 0) is 6.42 Å². The fourth-order valence-electron chi connectivity index (χ4n) is 4.52. The first-order chi connectivity index (χ1) is 33.2. The van der Waals surface area contributed by atoms with Crippen LogP contribution in [0.25, 0.3) is 0 Å². The number of phosphoric ester groups is 4. The molecule has 0 bridgehead atoms. The molecular weight excluding hydrogens is 1050 g/mol. The molecule has 0 heterocycles. The SMILES string of the molecule is C.C.C.C#CCCOP(=O)(OCCCO)OCC(COCC#C)(COCC#C)COP(=O)(O)OC.C#CCOCC(CO)(COCC#C)COP(=O)(O)OCC(COCC#C)(COCC#C)COP(=O)(O)OC. The number of rotatable bonds is 43. The molecule has 0 aliphatic carbocycles. The topological polar surface area (TPSA) is 308 Å². The average Bonchev–Trinajstić information content (AvgIpc) is 3.34. The van der Waals surface area contributed by atoms with Gasteiger partial charge in [-0.15, -0.1) is 50.9 Å². The van der Waals surface area contributed by atoms with E-state index in [0.717, 1.165) is 14.2 Å². The van der Waals surface area contributed by atoms with Crippen LogP contribution in [0.2, 0.25) is 0 Å². The van der Waals surface area contributed by atoms with Gasteiger partial charge in [0.05, 0.1) is 109 Å². The minimum absolute atomic E-state index is 0. The van der Waals surface area contributed by atoms with E-state index in [1.165, 1.54) is 0 Å². The lowest BCUT2D eigenvalue weighted by atomic mass is 9.92. The third-order valence-electron chi connectivity index (χ3n) is 8.07. The number of ether oxygens (including phenoxy) is 6. The van der Waals surface area contributed by atoms with E-state index >= 15 is 0 Å². The monoisotopic (exact) mass is 1120 g/mol. The van der Waals surface area contributed by atoms with Crippen LogP contribution in [0, 0.1) is 103 Å². The van der Waals surface area contributed by atoms with Gasteiger partial charge in [-0.1, -0.05) is 57.8 Å². The van der Waals surface area contributed by atoms with Gasteiger partial charge in [0.2, 0.25) is 0 Å². The summed E-state index contributed by atoms with van der Waals surface area (Å²) in [6.45, 7) is -5.83. The molecule has 0 radical (unpaired) electrons. The molecule has 0 amide bonds. The highest BCUT2D eigenvalue weighted by atomic mass is 31.2. The molecule has 5 N–H and O–H groups in total. The van der Waals surface area contributed by atoms with Crippen molar-refractivity contribution in [1.82, 2.24) is 0 Å². The van der Waals surface area contributed by atoms with E-state index in [-0.39, 0.29) is 134 Å². The Bertz CT molecular complexity index is 1890. The van der Waals surface area contributed by atoms with Gasteiger partial charge in [-0.25, -0.2) is 18.3 Å². The Labute approximate surface area is 433 Å². The lowest BCUT2D eigenvalue weighted by molar-refractivity contribution is -0.0784. The van der Waals surface area contributed by atoms with Gasteiger partial charge in [0, 0.05) is 27.2 Å². The molecule has 0 saturated heterocycles. The number of terminal acetylenes is 7. The number of hydrogen-bond donors (Lipinski definition) is 5. The van der Waals surface area contributed by atoms with Crippen LogP contribution in [-0.2, 0) is 87.4 Å². The standard InChI is InChI=1S/C23H34O13P2.C19H30O11P2.3CH4/c1-6-10-30-15-22(14-24,16-31-11-7-2)19-35-38(27,28)36-21-23(17-32-12-8-3,18-33-13-9-4)20-34-37(25,26)29-5;1-5-8-13-27-32(23,28-14-9-10-20)30-18-19(15-25-11-6-2,16-26-12-7-3)17-29-31(21,22)24-4;;;/h1-4,24H,10-21H2,5H3,(H,25,26)(H,27,28);1-3,20H,8-18H2,4H3,(H,21,22);3*1H4. The number of phosphoric acid groups is 4. The van der Waals surface area contributed by atoms with Gasteiger partial charge in [0.25, 0.3) is 0 Å². The van der Waals surface area contributed by atoms with Gasteiger partial charge in [0.1, 0.15) is 39.6 Å². The van der Waals surface area contributed by atoms with E-state index in [0.29, 0.717) is 0 Å². The first kappa shape index (κ1) is 78.9. The summed E-state index contributed by atoms with van der Waals surface area (Å²) in [6.07, 6.45) is 36.6. The number of aliphatic hydroxyl groups is 2. The Balaban J connectivity index is -0.000000411. The highest BCUT2D eigenvalue weighted by Crippen LogP contribution is 2.52. The Morgan fingerprint density at radius 2 is 0.685 bits per heavy atom. The Morgan fingerprint density at radius 3 is 0.973 bits per heavy atom. The van der Waals surface area contributed by atoms with Crippen molar-refractivity contribution in [3.8, 4) is 86.4 Å². The first-order valence-corrected chi connectivity index (χ1v) is 26.1. The highest BCUT2D eigenvalue weighted by Gasteiger charge is 2.42. The Hall–Kier alpha value is -2.96. The largest absolute Gasteiger partial charge is 0.474 e. The van der Waals surface area contributed by atoms with Crippen molar-refractivity contribution in [2.75, 3.05) is 153 Å². The van der Waals surface area contributed by atoms with Gasteiger partial charge in [-0.2, -0.15) is 0 Å². The van der Waals surface area contributed by atoms with Crippen LogP contribution in [0.15, 0.2) is 0 Å². The predicted molar refractivity (Wildman–Crippen MR) is 270 cm³/mol. The molecule has 28 heteroatoms. The zero-order chi connectivity index (χ0) is 53.3. The minimum atomic E-state index is -4.84. The first-order valence-electron chi connectivity index (χ1n) is 20.1. The average molecular weight is 1120 g/mol. The summed E-state index contributed by atoms with van der Waals surface area (Å²) in [5.74, 6) is 15.9. The van der Waals surface area contributed by atoms with E-state index in [9.17, 15) is 38.0 Å². The highest BCUT2D eigenvalue weighted by molar-refractivity contribution is 7.48. The minimum Gasteiger partial charge on any atom is -0.396 e. The molecule has 24 nitrogen and oxygen atoms in total. The van der Waals surface area contributed by atoms with Crippen molar-refractivity contribution in [1.29, 1.82) is 0 Å². The van der Waals surface area contributed by atoms with Crippen molar-refractivity contribution in [3.63, 3.8) is 0 Å². The van der Waals surface area contributed by atoms with Gasteiger partial charge in [-0.3, -0.25) is 40.7 Å². The Morgan fingerprint density at radius 1 is 0.397 bits per heavy atom. The quantitative estimate of drug-likeness (QED) is 0.0328. The second-order valence-electron chi connectivity index (χ2n) is 14.1. The fourth-order valence-corrected chi connectivity index (χ4v) is 7.88. The van der Waals surface area contributed by atoms with Crippen LogP contribution in [0.3, 0.4) is 0 Å². The molecule has 0 rings (SSSR count). The summed E-state index contributed by atoms with van der Waals surface area (Å²) in [5, 5.41) is 18.9. The molecule has 0 aliphatic heterocycles. The van der Waals surface area contributed by atoms with Crippen LogP contribution in [-0.4, -0.2) is 178 Å². The summed E-state index contributed by atoms with van der Waals surface area (Å²) in [7, 11) is -15.9. The molecule has 0 aliphatic rings. The molecule has 0 saturated carbocycles. The van der Waals surface area contributed by atoms with E-state index in [1.54, 1.807) is 0 Å². The molecule has 0 aromatic heterocycles. The molecular formula is C45H76O24P4. The van der Waals surface area contributed by atoms with Gasteiger partial charge in [0.15, 0.2) is 0 Å². The van der Waals surface area contributed by atoms with E-state index in [2.05, 4.69) is 50.5 Å². The molecule has 73 heavy (non-hydrogen) atoms. The smallest absolute Gasteiger partial charge is 0.396 e. The zero-order valence-electron chi connectivity index (χ0n) is 39.1. The maximum Gasteiger partial charge on any atom is 0.474 e. The van der Waals surface area contributed by atoms with Gasteiger partial charge >= 0.3 is 31.3 Å². The van der Waals surface area contributed by atoms with Crippen LogP contribution in [0.4, 0.5) is 0 Å². The van der Waals surface area contributed by atoms with Crippen LogP contribution >= 0.6 is 31.3 Å². The third kappa shape index (κ3) is 39.1. The predicted octanol–water partition coefficient (Wildman–Crippen LogP) is 3.96. The van der Waals surface area contributed by atoms with Crippen LogP contribution in [0.1, 0.15) is 35.1 Å². The maximum absolute atomic E-state index is 13.0. The Kier molecular flexibility index (Phi) is 48.9. The summed E-state index contributed by atoms with van der Waals surface area (Å²) >= 11 is 0. The second kappa shape index (κ2) is 45.3. The zero-order valence-corrected chi connectivity index (χ0v) is 42.7. The van der Waals surface area contributed by atoms with E-state index in [4.69, 9.17) is 110 Å². The summed E-state index contributed by atoms with van der Waals surface area (Å²) in [4.78, 5) is 29.6. The van der Waals surface area contributed by atoms with Gasteiger partial charge < -0.3 is 53.3 Å². The third-order valence-corrected chi connectivity index (χ3v) is 12.3. The van der Waals surface area contributed by atoms with Crippen molar-refractivity contribution < 1.29 is 112 Å².